The summed E-state index contributed by atoms with van der Waals surface area (Å²) in [5.74, 6) is -0.298. The molecule has 15 heavy (non-hydrogen) atoms. The highest BCUT2D eigenvalue weighted by molar-refractivity contribution is 5.66. The van der Waals surface area contributed by atoms with E-state index in [4.69, 9.17) is 9.84 Å². The van der Waals surface area contributed by atoms with Crippen LogP contribution in [0.25, 0.3) is 0 Å². The van der Waals surface area contributed by atoms with E-state index in [0.29, 0.717) is 6.42 Å². The molecule has 0 saturated heterocycles. The van der Waals surface area contributed by atoms with Crippen LogP contribution >= 0.6 is 0 Å². The van der Waals surface area contributed by atoms with Gasteiger partial charge in [-0.3, -0.25) is 4.79 Å². The molecule has 0 aromatic heterocycles. The van der Waals surface area contributed by atoms with Crippen LogP contribution in [0.15, 0.2) is 0 Å². The van der Waals surface area contributed by atoms with Gasteiger partial charge in [-0.2, -0.15) is 0 Å². The van der Waals surface area contributed by atoms with Crippen molar-refractivity contribution in [1.29, 1.82) is 0 Å². The summed E-state index contributed by atoms with van der Waals surface area (Å²) >= 11 is 0. The molecule has 0 amide bonds. The lowest BCUT2D eigenvalue weighted by molar-refractivity contribution is -0.146. The molecule has 0 radical (unpaired) electrons. The molecule has 0 fully saturated rings. The molecule has 2 atom stereocenters. The van der Waals surface area contributed by atoms with Gasteiger partial charge in [0, 0.05) is 13.3 Å². The standard InChI is InChI=1S/C7H14O3.5CH4/c1-5(8)4-6(2)10-7(3)9;;;;;/h5-6,8H,4H2,1-3H3;5*1H4. The van der Waals surface area contributed by atoms with Gasteiger partial charge in [0.15, 0.2) is 0 Å². The zero-order chi connectivity index (χ0) is 8.15. The monoisotopic (exact) mass is 226 g/mol. The number of hydrogen-bond acceptors (Lipinski definition) is 3. The number of carbonyl (C=O) groups is 1. The van der Waals surface area contributed by atoms with Gasteiger partial charge in [0.25, 0.3) is 0 Å². The Balaban J connectivity index is -0.0000000405. The maximum atomic E-state index is 10.3. The zero-order valence-electron chi connectivity index (χ0n) is 6.63. The van der Waals surface area contributed by atoms with E-state index < -0.39 is 6.10 Å². The highest BCUT2D eigenvalue weighted by Gasteiger charge is 2.07. The third kappa shape index (κ3) is 31.8. The van der Waals surface area contributed by atoms with Gasteiger partial charge in [0.2, 0.25) is 0 Å². The molecule has 0 aromatic rings. The molecule has 0 heterocycles. The third-order valence-electron chi connectivity index (χ3n) is 1.04. The van der Waals surface area contributed by atoms with Crippen LogP contribution in [0.3, 0.4) is 0 Å². The molecule has 3 nitrogen and oxygen atoms in total. The first-order valence-corrected chi connectivity index (χ1v) is 3.37. The Labute approximate surface area is 97.9 Å². The molecule has 1 N–H and O–H groups in total. The Morgan fingerprint density at radius 3 is 1.67 bits per heavy atom. The summed E-state index contributed by atoms with van der Waals surface area (Å²) in [6.45, 7) is 4.78. The summed E-state index contributed by atoms with van der Waals surface area (Å²) < 4.78 is 4.76. The molecule has 0 rings (SSSR count). The Hall–Kier alpha value is -0.570. The average Bonchev–Trinajstić information content (AvgIpc) is 1.58. The van der Waals surface area contributed by atoms with Crippen LogP contribution in [0, 0.1) is 0 Å². The minimum atomic E-state index is -0.408. The highest BCUT2D eigenvalue weighted by Crippen LogP contribution is 2.01. The van der Waals surface area contributed by atoms with Crippen molar-refractivity contribution in [3.63, 3.8) is 0 Å². The number of hydrogen-bond donors (Lipinski definition) is 1. The van der Waals surface area contributed by atoms with Crippen LogP contribution in [-0.2, 0) is 9.53 Å². The number of aliphatic hydroxyl groups excluding tert-OH is 1. The molecular formula is C12H34O3. The van der Waals surface area contributed by atoms with Crippen molar-refractivity contribution in [2.24, 2.45) is 0 Å². The van der Waals surface area contributed by atoms with E-state index in [-0.39, 0.29) is 49.2 Å². The van der Waals surface area contributed by atoms with E-state index in [1.165, 1.54) is 6.92 Å². The molecule has 0 bridgehead atoms. The fourth-order valence-electron chi connectivity index (χ4n) is 0.812. The lowest BCUT2D eigenvalue weighted by Crippen LogP contribution is -2.17. The van der Waals surface area contributed by atoms with Crippen molar-refractivity contribution in [1.82, 2.24) is 0 Å². The molecule has 0 aliphatic heterocycles. The molecule has 2 unspecified atom stereocenters. The van der Waals surface area contributed by atoms with E-state index in [2.05, 4.69) is 0 Å². The molecule has 0 saturated carbocycles. The summed E-state index contributed by atoms with van der Waals surface area (Å²) in [7, 11) is 0. The van der Waals surface area contributed by atoms with Crippen LogP contribution < -0.4 is 0 Å². The van der Waals surface area contributed by atoms with Gasteiger partial charge in [-0.1, -0.05) is 37.1 Å². The predicted molar refractivity (Wildman–Crippen MR) is 71.2 cm³/mol. The van der Waals surface area contributed by atoms with Crippen molar-refractivity contribution >= 4 is 5.97 Å². The third-order valence-corrected chi connectivity index (χ3v) is 1.04. The van der Waals surface area contributed by atoms with E-state index in [0.717, 1.165) is 0 Å². The van der Waals surface area contributed by atoms with Crippen LogP contribution in [0.2, 0.25) is 0 Å². The molecule has 0 spiro atoms. The van der Waals surface area contributed by atoms with Gasteiger partial charge in [-0.25, -0.2) is 0 Å². The highest BCUT2D eigenvalue weighted by atomic mass is 16.5. The van der Waals surface area contributed by atoms with Crippen LogP contribution in [-0.4, -0.2) is 23.3 Å². The first kappa shape index (κ1) is 36.6. The van der Waals surface area contributed by atoms with Gasteiger partial charge >= 0.3 is 5.97 Å². The van der Waals surface area contributed by atoms with Gasteiger partial charge in [-0.15, -0.1) is 0 Å². The lowest BCUT2D eigenvalue weighted by Gasteiger charge is -2.12. The van der Waals surface area contributed by atoms with Gasteiger partial charge < -0.3 is 9.84 Å². The second-order valence-corrected chi connectivity index (χ2v) is 2.50. The average molecular weight is 226 g/mol. The first-order valence-electron chi connectivity index (χ1n) is 3.37. The van der Waals surface area contributed by atoms with Crippen LogP contribution in [0.4, 0.5) is 0 Å². The maximum absolute atomic E-state index is 10.3. The lowest BCUT2D eigenvalue weighted by atomic mass is 10.2. The second kappa shape index (κ2) is 19.1. The van der Waals surface area contributed by atoms with Gasteiger partial charge in [-0.05, 0) is 13.8 Å². The summed E-state index contributed by atoms with van der Waals surface area (Å²) in [5.41, 5.74) is 0. The summed E-state index contributed by atoms with van der Waals surface area (Å²) in [6.07, 6.45) is -0.0913. The maximum Gasteiger partial charge on any atom is 0.302 e. The van der Waals surface area contributed by atoms with Gasteiger partial charge in [0.1, 0.15) is 6.10 Å². The normalized spacial score (nSPS) is 10.7. The Kier molecular flexibility index (Phi) is 46.6. The molecule has 0 aromatic carbocycles. The Morgan fingerprint density at radius 2 is 1.47 bits per heavy atom. The molecular weight excluding hydrogens is 192 g/mol. The van der Waals surface area contributed by atoms with Crippen LogP contribution in [0.1, 0.15) is 64.3 Å². The van der Waals surface area contributed by atoms with Crippen molar-refractivity contribution in [2.45, 2.75) is 76.5 Å². The first-order chi connectivity index (χ1) is 4.52. The van der Waals surface area contributed by atoms with E-state index in [1.54, 1.807) is 13.8 Å². The Morgan fingerprint density at radius 1 is 1.13 bits per heavy atom. The smallest absolute Gasteiger partial charge is 0.302 e. The minimum absolute atomic E-state index is 0. The van der Waals surface area contributed by atoms with Crippen LogP contribution in [0.5, 0.6) is 0 Å². The second-order valence-electron chi connectivity index (χ2n) is 2.50. The summed E-state index contributed by atoms with van der Waals surface area (Å²) in [4.78, 5) is 10.3. The number of carbonyl (C=O) groups excluding carboxylic acids is 1. The molecule has 3 heteroatoms. The van der Waals surface area contributed by atoms with Crippen molar-refractivity contribution in [3.05, 3.63) is 0 Å². The van der Waals surface area contributed by atoms with Crippen molar-refractivity contribution < 1.29 is 14.6 Å². The van der Waals surface area contributed by atoms with Crippen molar-refractivity contribution in [2.75, 3.05) is 0 Å². The predicted octanol–water partition coefficient (Wildman–Crippen LogP) is 3.89. The van der Waals surface area contributed by atoms with E-state index >= 15 is 0 Å². The zero-order valence-corrected chi connectivity index (χ0v) is 6.63. The number of esters is 1. The topological polar surface area (TPSA) is 46.5 Å². The summed E-state index contributed by atoms with van der Waals surface area (Å²) in [6, 6.07) is 0. The van der Waals surface area contributed by atoms with Gasteiger partial charge in [0.05, 0.1) is 6.10 Å². The number of aliphatic hydroxyl groups is 1. The minimum Gasteiger partial charge on any atom is -0.463 e. The fraction of sp³-hybridized carbons (Fsp3) is 0.917. The van der Waals surface area contributed by atoms with E-state index in [9.17, 15) is 4.79 Å². The summed E-state index contributed by atoms with van der Waals surface area (Å²) in [5, 5.41) is 8.84. The quantitative estimate of drug-likeness (QED) is 0.743. The Bertz CT molecular complexity index is 111. The molecule has 100 valence electrons. The SMILES string of the molecule is C.C.C.C.C.CC(=O)OC(C)CC(C)O. The number of ether oxygens (including phenoxy) is 1. The number of rotatable bonds is 3. The molecule has 0 aliphatic rings. The van der Waals surface area contributed by atoms with E-state index in [1.807, 2.05) is 0 Å². The largest absolute Gasteiger partial charge is 0.463 e. The fourth-order valence-corrected chi connectivity index (χ4v) is 0.812. The molecule has 0 aliphatic carbocycles. The van der Waals surface area contributed by atoms with Crippen molar-refractivity contribution in [3.8, 4) is 0 Å².